The van der Waals surface area contributed by atoms with Crippen LogP contribution in [0.1, 0.15) is 54.9 Å². The molecule has 6 rings (SSSR count). The molecule has 1 amide bonds. The van der Waals surface area contributed by atoms with Crippen molar-refractivity contribution in [2.45, 2.75) is 57.3 Å². The van der Waals surface area contributed by atoms with E-state index in [1.807, 2.05) is 71.6 Å². The first-order chi connectivity index (χ1) is 24.6. The molecule has 0 radical (unpaired) electrons. The molecule has 1 N–H and O–H groups in total. The number of aromatic nitrogens is 2. The number of nitrogens with one attached hydrogen (secondary N) is 1. The number of nitriles is 1. The number of halogens is 1. The first kappa shape index (κ1) is 35.1. The summed E-state index contributed by atoms with van der Waals surface area (Å²) in [6.45, 7) is 3.07. The van der Waals surface area contributed by atoms with Crippen molar-refractivity contribution in [3.63, 3.8) is 0 Å². The van der Waals surface area contributed by atoms with Crippen molar-refractivity contribution < 1.29 is 13.9 Å². The van der Waals surface area contributed by atoms with Crippen molar-refractivity contribution >= 4 is 17.3 Å². The molecule has 1 aliphatic heterocycles. The Labute approximate surface area is 296 Å². The number of piperidine rings is 1. The maximum Gasteiger partial charge on any atom is 0.332 e. The summed E-state index contributed by atoms with van der Waals surface area (Å²) in [4.78, 5) is 41.0. The number of anilines is 1. The Morgan fingerprint density at radius 1 is 1.06 bits per heavy atom. The molecule has 1 unspecified atom stereocenters. The summed E-state index contributed by atoms with van der Waals surface area (Å²) in [5.74, 6) is 1.07. The van der Waals surface area contributed by atoms with E-state index in [1.54, 1.807) is 31.2 Å². The lowest BCUT2D eigenvalue weighted by molar-refractivity contribution is -0.121. The number of aryl methyl sites for hydroxylation is 1. The van der Waals surface area contributed by atoms with Crippen LogP contribution in [0.5, 0.6) is 5.75 Å². The van der Waals surface area contributed by atoms with E-state index in [2.05, 4.69) is 11.4 Å². The third-order valence-corrected chi connectivity index (χ3v) is 9.55. The third-order valence-electron chi connectivity index (χ3n) is 9.55. The van der Waals surface area contributed by atoms with Gasteiger partial charge in [0.05, 0.1) is 18.2 Å². The molecule has 0 bridgehead atoms. The normalized spacial score (nSPS) is 18.7. The number of allylic oxidation sites excluding steroid dienone is 3. The highest BCUT2D eigenvalue weighted by Crippen LogP contribution is 2.35. The van der Waals surface area contributed by atoms with Gasteiger partial charge in [-0.25, -0.2) is 9.18 Å². The number of amides is 1. The molecule has 4 aromatic rings. The minimum absolute atomic E-state index is 0.0773. The van der Waals surface area contributed by atoms with Crippen molar-refractivity contribution in [1.29, 1.82) is 5.26 Å². The second kappa shape index (κ2) is 15.5. The highest BCUT2D eigenvalue weighted by molar-refractivity contribution is 5.78. The summed E-state index contributed by atoms with van der Waals surface area (Å²) in [6.07, 6.45) is 6.11. The van der Waals surface area contributed by atoms with Crippen LogP contribution >= 0.6 is 0 Å². The van der Waals surface area contributed by atoms with Gasteiger partial charge in [0.25, 0.3) is 5.56 Å². The summed E-state index contributed by atoms with van der Waals surface area (Å²) in [5.41, 5.74) is 2.76. The molecule has 1 aromatic heterocycles. The van der Waals surface area contributed by atoms with E-state index >= 15 is 0 Å². The monoisotopic (exact) mass is 687 g/mol. The average molecular weight is 688 g/mol. The molecule has 3 aromatic carbocycles. The molecule has 9 nitrogen and oxygen atoms in total. The van der Waals surface area contributed by atoms with E-state index in [1.165, 1.54) is 17.7 Å². The summed E-state index contributed by atoms with van der Waals surface area (Å²) in [5, 5.41) is 12.7. The Hall–Kier alpha value is -5.69. The van der Waals surface area contributed by atoms with Crippen molar-refractivity contribution in [2.24, 2.45) is 7.05 Å². The largest absolute Gasteiger partial charge is 0.489 e. The number of nitrogens with zero attached hydrogens (tertiary/aromatic N) is 4. The van der Waals surface area contributed by atoms with E-state index in [0.717, 1.165) is 39.7 Å². The predicted molar refractivity (Wildman–Crippen MR) is 196 cm³/mol. The fourth-order valence-electron chi connectivity index (χ4n) is 6.78. The van der Waals surface area contributed by atoms with Crippen LogP contribution in [0.3, 0.4) is 0 Å². The number of carbonyl (C=O) groups excluding carboxylic acids is 1. The first-order valence-electron chi connectivity index (χ1n) is 17.3. The van der Waals surface area contributed by atoms with Crippen molar-refractivity contribution in [3.05, 3.63) is 146 Å². The predicted octanol–water partition coefficient (Wildman–Crippen LogP) is 5.71. The molecule has 0 saturated carbocycles. The number of alkyl halides is 1. The quantitative estimate of drug-likeness (QED) is 0.217. The van der Waals surface area contributed by atoms with Gasteiger partial charge in [-0.05, 0) is 78.3 Å². The zero-order chi connectivity index (χ0) is 36.0. The number of ether oxygens (including phenoxy) is 1. The molecular weight excluding hydrogens is 645 g/mol. The van der Waals surface area contributed by atoms with E-state index in [9.17, 15) is 24.0 Å². The minimum atomic E-state index is -1.43. The van der Waals surface area contributed by atoms with Crippen molar-refractivity contribution in [3.8, 4) is 11.8 Å². The van der Waals surface area contributed by atoms with Gasteiger partial charge in [-0.15, -0.1) is 0 Å². The molecule has 2 heterocycles. The second-order valence-electron chi connectivity index (χ2n) is 13.5. The summed E-state index contributed by atoms with van der Waals surface area (Å²) in [7, 11) is 1.44. The molecular formula is C41H42FN5O4. The van der Waals surface area contributed by atoms with E-state index < -0.39 is 16.9 Å². The third kappa shape index (κ3) is 8.55. The van der Waals surface area contributed by atoms with Gasteiger partial charge in [-0.1, -0.05) is 66.7 Å². The average Bonchev–Trinajstić information content (AvgIpc) is 3.14. The fraction of sp³-hybridized carbons (Fsp3) is 0.317. The molecule has 1 saturated heterocycles. The van der Waals surface area contributed by atoms with E-state index in [-0.39, 0.29) is 31.5 Å². The van der Waals surface area contributed by atoms with Gasteiger partial charge in [0.1, 0.15) is 23.8 Å². The lowest BCUT2D eigenvalue weighted by atomic mass is 9.86. The molecule has 1 aliphatic carbocycles. The first-order valence-corrected chi connectivity index (χ1v) is 17.3. The van der Waals surface area contributed by atoms with E-state index in [0.29, 0.717) is 48.6 Å². The Balaban J connectivity index is 1.05. The lowest BCUT2D eigenvalue weighted by Crippen LogP contribution is -2.50. The van der Waals surface area contributed by atoms with Gasteiger partial charge >= 0.3 is 5.69 Å². The Morgan fingerprint density at radius 2 is 1.80 bits per heavy atom. The minimum Gasteiger partial charge on any atom is -0.489 e. The molecule has 2 atom stereocenters. The summed E-state index contributed by atoms with van der Waals surface area (Å²) in [6, 6.07) is 28.1. The van der Waals surface area contributed by atoms with Crippen LogP contribution in [-0.4, -0.2) is 46.4 Å². The maximum absolute atomic E-state index is 14.9. The number of hydrogen-bond donors (Lipinski definition) is 1. The number of benzene rings is 3. The molecule has 1 fully saturated rings. The van der Waals surface area contributed by atoms with Crippen molar-refractivity contribution in [2.75, 3.05) is 24.6 Å². The van der Waals surface area contributed by atoms with Crippen LogP contribution in [-0.2, 0) is 24.8 Å². The Bertz CT molecular complexity index is 2110. The number of carbonyl (C=O) groups is 1. The summed E-state index contributed by atoms with van der Waals surface area (Å²) < 4.78 is 23.6. The second-order valence-corrected chi connectivity index (χ2v) is 13.5. The van der Waals surface area contributed by atoms with Gasteiger partial charge < -0.3 is 15.0 Å². The SMILES string of the molecule is Cn1c(=O)cc(N2CCCC(NC(=O)CCc3ccc(OCC4=C(c5ccccc5)C=C[C@](C)(F)C4)cc3)C2)n(Cc2ccccc2C#N)c1=O. The van der Waals surface area contributed by atoms with Crippen LogP contribution < -0.4 is 26.2 Å². The zero-order valence-electron chi connectivity index (χ0n) is 29.0. The van der Waals surface area contributed by atoms with Crippen LogP contribution in [0.25, 0.3) is 5.57 Å². The molecule has 262 valence electrons. The highest BCUT2D eigenvalue weighted by Gasteiger charge is 2.28. The number of rotatable bonds is 11. The van der Waals surface area contributed by atoms with Crippen LogP contribution in [0.2, 0.25) is 0 Å². The van der Waals surface area contributed by atoms with Gasteiger partial charge in [0, 0.05) is 45.1 Å². The van der Waals surface area contributed by atoms with E-state index in [4.69, 9.17) is 4.74 Å². The van der Waals surface area contributed by atoms with Gasteiger partial charge in [0.2, 0.25) is 5.91 Å². The lowest BCUT2D eigenvalue weighted by Gasteiger charge is -2.36. The van der Waals surface area contributed by atoms with Crippen LogP contribution in [0.15, 0.2) is 112 Å². The summed E-state index contributed by atoms with van der Waals surface area (Å²) >= 11 is 0. The zero-order valence-corrected chi connectivity index (χ0v) is 29.0. The van der Waals surface area contributed by atoms with Crippen molar-refractivity contribution in [1.82, 2.24) is 14.5 Å². The Kier molecular flexibility index (Phi) is 10.7. The van der Waals surface area contributed by atoms with Gasteiger partial charge in [-0.2, -0.15) is 5.26 Å². The molecule has 2 aliphatic rings. The van der Waals surface area contributed by atoms with Gasteiger partial charge in [0.15, 0.2) is 0 Å². The Morgan fingerprint density at radius 3 is 2.57 bits per heavy atom. The smallest absolute Gasteiger partial charge is 0.332 e. The standard InChI is InChI=1S/C41H42FN5O4/c1-41(42)21-20-36(30-9-4-3-5-10-30)33(24-41)28-51-35-17-14-29(15-18-35)16-19-37(48)44-34-13-8-22-46(27-34)38-23-39(49)45(2)40(50)47(38)26-32-12-7-6-11-31(32)25-43/h3-7,9-12,14-15,17-18,20-21,23,34H,8,13,16,19,22,24,26-28H2,1-2H3,(H,44,48)/t34?,41-/m0/s1. The fourth-order valence-corrected chi connectivity index (χ4v) is 6.78. The molecule has 0 spiro atoms. The topological polar surface area (TPSA) is 109 Å². The van der Waals surface area contributed by atoms with Crippen LogP contribution in [0, 0.1) is 11.3 Å². The molecule has 10 heteroatoms. The van der Waals surface area contributed by atoms with Gasteiger partial charge in [-0.3, -0.25) is 18.7 Å². The molecule has 51 heavy (non-hydrogen) atoms. The number of hydrogen-bond acceptors (Lipinski definition) is 6. The maximum atomic E-state index is 14.9. The van der Waals surface area contributed by atoms with Crippen LogP contribution in [0.4, 0.5) is 10.2 Å². The highest BCUT2D eigenvalue weighted by atomic mass is 19.1.